The van der Waals surface area contributed by atoms with Crippen molar-refractivity contribution in [3.8, 4) is 0 Å². The second-order valence-corrected chi connectivity index (χ2v) is 6.01. The molecule has 5 nitrogen and oxygen atoms in total. The van der Waals surface area contributed by atoms with E-state index < -0.39 is 0 Å². The molecule has 0 aliphatic heterocycles. The summed E-state index contributed by atoms with van der Waals surface area (Å²) in [7, 11) is 3.46. The monoisotopic (exact) mass is 306 g/mol. The fourth-order valence-electron chi connectivity index (χ4n) is 2.26. The summed E-state index contributed by atoms with van der Waals surface area (Å²) in [6.45, 7) is 8.72. The van der Waals surface area contributed by atoms with Gasteiger partial charge in [-0.3, -0.25) is 4.99 Å². The van der Waals surface area contributed by atoms with Crippen molar-refractivity contribution in [1.82, 2.24) is 16.0 Å². The van der Waals surface area contributed by atoms with Crippen molar-refractivity contribution in [3.63, 3.8) is 0 Å². The highest BCUT2D eigenvalue weighted by Gasteiger charge is 2.21. The SMILES string of the molecule is CN=C(NCCOC)NCC(C)(C)NC(C)c1ccccc1. The van der Waals surface area contributed by atoms with Crippen LogP contribution in [0.4, 0.5) is 0 Å². The number of hydrogen-bond donors (Lipinski definition) is 3. The third-order valence-corrected chi connectivity index (χ3v) is 3.43. The Morgan fingerprint density at radius 1 is 1.23 bits per heavy atom. The highest BCUT2D eigenvalue weighted by Crippen LogP contribution is 2.15. The zero-order valence-electron chi connectivity index (χ0n) is 14.4. The minimum atomic E-state index is -0.0614. The van der Waals surface area contributed by atoms with E-state index in [1.165, 1.54) is 5.56 Å². The normalized spacial score (nSPS) is 13.8. The van der Waals surface area contributed by atoms with Crippen molar-refractivity contribution < 1.29 is 4.74 Å². The lowest BCUT2D eigenvalue weighted by molar-refractivity contribution is 0.203. The maximum atomic E-state index is 5.03. The molecule has 1 aromatic rings. The van der Waals surface area contributed by atoms with Gasteiger partial charge in [-0.15, -0.1) is 0 Å². The topological polar surface area (TPSA) is 57.7 Å². The Balaban J connectivity index is 2.45. The summed E-state index contributed by atoms with van der Waals surface area (Å²) in [6, 6.07) is 10.8. The van der Waals surface area contributed by atoms with Gasteiger partial charge in [0.25, 0.3) is 0 Å². The maximum absolute atomic E-state index is 5.03. The molecule has 3 N–H and O–H groups in total. The summed E-state index contributed by atoms with van der Waals surface area (Å²) < 4.78 is 5.03. The Hall–Kier alpha value is -1.59. The molecule has 0 spiro atoms. The van der Waals surface area contributed by atoms with Crippen LogP contribution in [-0.2, 0) is 4.74 Å². The third kappa shape index (κ3) is 6.91. The number of aliphatic imine (C=N–C) groups is 1. The van der Waals surface area contributed by atoms with E-state index in [-0.39, 0.29) is 5.54 Å². The number of guanidine groups is 1. The summed E-state index contributed by atoms with van der Waals surface area (Å²) >= 11 is 0. The van der Waals surface area contributed by atoms with Gasteiger partial charge in [-0.25, -0.2) is 0 Å². The Morgan fingerprint density at radius 2 is 1.91 bits per heavy atom. The molecule has 124 valence electrons. The van der Waals surface area contributed by atoms with Gasteiger partial charge in [-0.1, -0.05) is 30.3 Å². The Bertz CT molecular complexity index is 445. The van der Waals surface area contributed by atoms with Crippen molar-refractivity contribution >= 4 is 5.96 Å². The molecule has 0 aliphatic carbocycles. The number of hydrogen-bond acceptors (Lipinski definition) is 3. The molecule has 0 aromatic heterocycles. The van der Waals surface area contributed by atoms with Crippen LogP contribution in [0, 0.1) is 0 Å². The lowest BCUT2D eigenvalue weighted by Crippen LogP contribution is -2.52. The zero-order chi connectivity index (χ0) is 16.4. The third-order valence-electron chi connectivity index (χ3n) is 3.43. The molecule has 0 saturated carbocycles. The van der Waals surface area contributed by atoms with Crippen LogP contribution in [-0.4, -0.2) is 45.4 Å². The quantitative estimate of drug-likeness (QED) is 0.390. The number of nitrogens with zero attached hydrogens (tertiary/aromatic N) is 1. The van der Waals surface area contributed by atoms with Gasteiger partial charge in [0.05, 0.1) is 6.61 Å². The van der Waals surface area contributed by atoms with E-state index in [9.17, 15) is 0 Å². The van der Waals surface area contributed by atoms with E-state index in [0.717, 1.165) is 19.0 Å². The second kappa shape index (κ2) is 9.43. The van der Waals surface area contributed by atoms with Gasteiger partial charge < -0.3 is 20.7 Å². The van der Waals surface area contributed by atoms with E-state index in [4.69, 9.17) is 4.74 Å². The molecule has 0 heterocycles. The first-order chi connectivity index (χ1) is 10.5. The molecule has 0 saturated heterocycles. The highest BCUT2D eigenvalue weighted by atomic mass is 16.5. The van der Waals surface area contributed by atoms with Crippen LogP contribution >= 0.6 is 0 Å². The molecule has 1 aromatic carbocycles. The molecule has 0 amide bonds. The Morgan fingerprint density at radius 3 is 2.50 bits per heavy atom. The minimum Gasteiger partial charge on any atom is -0.383 e. The van der Waals surface area contributed by atoms with Gasteiger partial charge >= 0.3 is 0 Å². The van der Waals surface area contributed by atoms with Gasteiger partial charge in [0.2, 0.25) is 0 Å². The largest absolute Gasteiger partial charge is 0.383 e. The molecule has 22 heavy (non-hydrogen) atoms. The van der Waals surface area contributed by atoms with Crippen LogP contribution in [0.2, 0.25) is 0 Å². The summed E-state index contributed by atoms with van der Waals surface area (Å²) in [6.07, 6.45) is 0. The molecule has 5 heteroatoms. The van der Waals surface area contributed by atoms with E-state index in [1.807, 2.05) is 6.07 Å². The number of benzene rings is 1. The highest BCUT2D eigenvalue weighted by molar-refractivity contribution is 5.79. The molecule has 0 aliphatic rings. The summed E-state index contributed by atoms with van der Waals surface area (Å²) in [4.78, 5) is 4.21. The van der Waals surface area contributed by atoms with Gasteiger partial charge in [0.1, 0.15) is 0 Å². The van der Waals surface area contributed by atoms with E-state index in [1.54, 1.807) is 14.2 Å². The second-order valence-electron chi connectivity index (χ2n) is 6.01. The van der Waals surface area contributed by atoms with Crippen LogP contribution in [0.15, 0.2) is 35.3 Å². The lowest BCUT2D eigenvalue weighted by Gasteiger charge is -2.31. The van der Waals surface area contributed by atoms with E-state index >= 15 is 0 Å². The summed E-state index contributed by atoms with van der Waals surface area (Å²) in [5.74, 6) is 0.791. The first-order valence-corrected chi connectivity index (χ1v) is 7.74. The Kier molecular flexibility index (Phi) is 7.91. The maximum Gasteiger partial charge on any atom is 0.191 e. The fourth-order valence-corrected chi connectivity index (χ4v) is 2.26. The van der Waals surface area contributed by atoms with Crippen molar-refractivity contribution in [2.24, 2.45) is 4.99 Å². The molecule has 1 unspecified atom stereocenters. The fraction of sp³-hybridized carbons (Fsp3) is 0.588. The molecule has 0 fully saturated rings. The van der Waals surface area contributed by atoms with Gasteiger partial charge in [0.15, 0.2) is 5.96 Å². The van der Waals surface area contributed by atoms with E-state index in [2.05, 4.69) is 66.0 Å². The number of rotatable bonds is 8. The number of ether oxygens (including phenoxy) is 1. The van der Waals surface area contributed by atoms with Gasteiger partial charge in [-0.2, -0.15) is 0 Å². The summed E-state index contributed by atoms with van der Waals surface area (Å²) in [5.41, 5.74) is 1.23. The standard InChI is InChI=1S/C17H30N4O/c1-14(15-9-7-6-8-10-15)21-17(2,3)13-20-16(18-4)19-11-12-22-5/h6-10,14,21H,11-13H2,1-5H3,(H2,18,19,20). The van der Waals surface area contributed by atoms with Crippen molar-refractivity contribution in [2.75, 3.05) is 33.9 Å². The van der Waals surface area contributed by atoms with Crippen LogP contribution in [0.1, 0.15) is 32.4 Å². The first-order valence-electron chi connectivity index (χ1n) is 7.74. The first kappa shape index (κ1) is 18.5. The average Bonchev–Trinajstić information content (AvgIpc) is 2.51. The molecule has 0 bridgehead atoms. The number of nitrogens with one attached hydrogen (secondary N) is 3. The predicted octanol–water partition coefficient (Wildman–Crippen LogP) is 1.93. The molecular formula is C17H30N4O. The van der Waals surface area contributed by atoms with Crippen LogP contribution < -0.4 is 16.0 Å². The van der Waals surface area contributed by atoms with Crippen LogP contribution in [0.25, 0.3) is 0 Å². The van der Waals surface area contributed by atoms with Crippen LogP contribution in [0.3, 0.4) is 0 Å². The minimum absolute atomic E-state index is 0.0614. The Labute approximate surface area is 134 Å². The van der Waals surface area contributed by atoms with Gasteiger partial charge in [0, 0.05) is 38.8 Å². The van der Waals surface area contributed by atoms with Crippen LogP contribution in [0.5, 0.6) is 0 Å². The van der Waals surface area contributed by atoms with Gasteiger partial charge in [-0.05, 0) is 26.3 Å². The molecule has 1 atom stereocenters. The molecule has 0 radical (unpaired) electrons. The predicted molar refractivity (Wildman–Crippen MR) is 93.3 cm³/mol. The smallest absolute Gasteiger partial charge is 0.191 e. The average molecular weight is 306 g/mol. The lowest BCUT2D eigenvalue weighted by atomic mass is 10.0. The molecule has 1 rings (SSSR count). The van der Waals surface area contributed by atoms with Crippen molar-refractivity contribution in [2.45, 2.75) is 32.4 Å². The zero-order valence-corrected chi connectivity index (χ0v) is 14.4. The molecular weight excluding hydrogens is 276 g/mol. The van der Waals surface area contributed by atoms with E-state index in [0.29, 0.717) is 12.6 Å². The summed E-state index contributed by atoms with van der Waals surface area (Å²) in [5, 5.41) is 10.2. The van der Waals surface area contributed by atoms with Crippen molar-refractivity contribution in [3.05, 3.63) is 35.9 Å². The van der Waals surface area contributed by atoms with Crippen molar-refractivity contribution in [1.29, 1.82) is 0 Å². The number of methoxy groups -OCH3 is 1.